The molecule has 112 valence electrons. The fraction of sp³-hybridized carbons (Fsp3) is 0.647. The van der Waals surface area contributed by atoms with E-state index in [1.165, 1.54) is 18.9 Å². The van der Waals surface area contributed by atoms with Crippen molar-refractivity contribution >= 4 is 0 Å². The van der Waals surface area contributed by atoms with Crippen LogP contribution in [-0.4, -0.2) is 29.1 Å². The van der Waals surface area contributed by atoms with Gasteiger partial charge in [-0.2, -0.15) is 0 Å². The maximum atomic E-state index is 13.5. The topological polar surface area (TPSA) is 23.5 Å². The lowest BCUT2D eigenvalue weighted by atomic mass is 9.93. The summed E-state index contributed by atoms with van der Waals surface area (Å²) in [6, 6.07) is 5.60. The van der Waals surface area contributed by atoms with Crippen LogP contribution < -0.4 is 0 Å². The van der Waals surface area contributed by atoms with Gasteiger partial charge in [0.25, 0.3) is 0 Å². The monoisotopic (exact) mass is 279 g/mol. The summed E-state index contributed by atoms with van der Waals surface area (Å²) in [4.78, 5) is 2.44. The molecule has 0 spiro atoms. The summed E-state index contributed by atoms with van der Waals surface area (Å²) in [5.41, 5.74) is 1.31. The van der Waals surface area contributed by atoms with Crippen LogP contribution in [0.25, 0.3) is 0 Å². The Morgan fingerprint density at radius 2 is 2.15 bits per heavy atom. The maximum Gasteiger partial charge on any atom is 0.126 e. The van der Waals surface area contributed by atoms with Crippen molar-refractivity contribution in [1.29, 1.82) is 0 Å². The molecule has 0 bridgehead atoms. The Hall–Kier alpha value is -0.930. The molecule has 3 atom stereocenters. The van der Waals surface area contributed by atoms with Gasteiger partial charge in [0.1, 0.15) is 5.82 Å². The number of rotatable bonds is 4. The summed E-state index contributed by atoms with van der Waals surface area (Å²) in [6.07, 6.45) is 2.56. The smallest absolute Gasteiger partial charge is 0.126 e. The number of hydrogen-bond acceptors (Lipinski definition) is 2. The molecule has 1 saturated heterocycles. The quantitative estimate of drug-likeness (QED) is 0.909. The van der Waals surface area contributed by atoms with Crippen LogP contribution in [0.15, 0.2) is 18.2 Å². The average Bonchev–Trinajstić information content (AvgIpc) is 2.40. The number of aliphatic hydroxyl groups is 1. The van der Waals surface area contributed by atoms with Crippen molar-refractivity contribution in [1.82, 2.24) is 4.90 Å². The van der Waals surface area contributed by atoms with E-state index in [4.69, 9.17) is 0 Å². The second-order valence-electron chi connectivity index (χ2n) is 6.33. The molecular formula is C17H26FNO. The number of aryl methyl sites for hydroxylation is 1. The van der Waals surface area contributed by atoms with E-state index in [0.29, 0.717) is 23.6 Å². The molecule has 1 heterocycles. The first-order valence-electron chi connectivity index (χ1n) is 7.65. The zero-order chi connectivity index (χ0) is 14.7. The molecule has 1 aliphatic rings. The fourth-order valence-electron chi connectivity index (χ4n) is 3.06. The molecule has 1 aromatic rings. The van der Waals surface area contributed by atoms with E-state index in [-0.39, 0.29) is 5.82 Å². The van der Waals surface area contributed by atoms with Gasteiger partial charge >= 0.3 is 0 Å². The van der Waals surface area contributed by atoms with Crippen LogP contribution >= 0.6 is 0 Å². The standard InChI is InChI=1S/C17H26FNO/c1-12-6-8-19(14(3)10-12)9-7-17(20)15-5-4-13(2)16(18)11-15/h4-5,11-12,14,17,20H,6-10H2,1-3H3. The Labute approximate surface area is 121 Å². The summed E-state index contributed by atoms with van der Waals surface area (Å²) in [6.45, 7) is 8.29. The first-order chi connectivity index (χ1) is 9.47. The zero-order valence-electron chi connectivity index (χ0n) is 12.8. The van der Waals surface area contributed by atoms with Crippen LogP contribution in [0.3, 0.4) is 0 Å². The number of hydrogen-bond donors (Lipinski definition) is 1. The van der Waals surface area contributed by atoms with E-state index in [0.717, 1.165) is 19.0 Å². The molecule has 0 aliphatic carbocycles. The van der Waals surface area contributed by atoms with Gasteiger partial charge in [-0.3, -0.25) is 0 Å². The minimum absolute atomic E-state index is 0.235. The minimum atomic E-state index is -0.573. The van der Waals surface area contributed by atoms with Gasteiger partial charge in [-0.25, -0.2) is 4.39 Å². The summed E-state index contributed by atoms with van der Waals surface area (Å²) in [5, 5.41) is 10.2. The summed E-state index contributed by atoms with van der Waals surface area (Å²) in [7, 11) is 0. The molecule has 1 aromatic carbocycles. The van der Waals surface area contributed by atoms with Gasteiger partial charge in [0.2, 0.25) is 0 Å². The van der Waals surface area contributed by atoms with E-state index < -0.39 is 6.10 Å². The fourth-order valence-corrected chi connectivity index (χ4v) is 3.06. The van der Waals surface area contributed by atoms with Crippen molar-refractivity contribution < 1.29 is 9.50 Å². The van der Waals surface area contributed by atoms with E-state index in [1.807, 2.05) is 6.07 Å². The molecule has 0 radical (unpaired) electrons. The third kappa shape index (κ3) is 3.80. The predicted molar refractivity (Wildman–Crippen MR) is 80.1 cm³/mol. The highest BCUT2D eigenvalue weighted by molar-refractivity contribution is 5.24. The van der Waals surface area contributed by atoms with Crippen LogP contribution in [0.1, 0.15) is 50.3 Å². The van der Waals surface area contributed by atoms with Gasteiger partial charge < -0.3 is 10.0 Å². The summed E-state index contributed by atoms with van der Waals surface area (Å²) in [5.74, 6) is 0.569. The third-order valence-electron chi connectivity index (χ3n) is 4.55. The highest BCUT2D eigenvalue weighted by Gasteiger charge is 2.23. The molecule has 1 fully saturated rings. The largest absolute Gasteiger partial charge is 0.388 e. The number of likely N-dealkylation sites (tertiary alicyclic amines) is 1. The van der Waals surface area contributed by atoms with Gasteiger partial charge in [0.05, 0.1) is 6.10 Å². The van der Waals surface area contributed by atoms with Gasteiger partial charge in [-0.15, -0.1) is 0 Å². The minimum Gasteiger partial charge on any atom is -0.388 e. The van der Waals surface area contributed by atoms with E-state index >= 15 is 0 Å². The lowest BCUT2D eigenvalue weighted by Crippen LogP contribution is -2.41. The molecule has 0 saturated carbocycles. The molecule has 0 aromatic heterocycles. The van der Waals surface area contributed by atoms with Gasteiger partial charge in [0.15, 0.2) is 0 Å². The Morgan fingerprint density at radius 3 is 2.80 bits per heavy atom. The maximum absolute atomic E-state index is 13.5. The third-order valence-corrected chi connectivity index (χ3v) is 4.55. The second kappa shape index (κ2) is 6.68. The van der Waals surface area contributed by atoms with Crippen molar-refractivity contribution in [2.24, 2.45) is 5.92 Å². The lowest BCUT2D eigenvalue weighted by molar-refractivity contribution is 0.0940. The summed E-state index contributed by atoms with van der Waals surface area (Å²) < 4.78 is 13.5. The van der Waals surface area contributed by atoms with E-state index in [2.05, 4.69) is 18.7 Å². The van der Waals surface area contributed by atoms with E-state index in [9.17, 15) is 9.50 Å². The van der Waals surface area contributed by atoms with Crippen molar-refractivity contribution in [3.8, 4) is 0 Å². The Kier molecular flexibility index (Phi) is 5.17. The molecular weight excluding hydrogens is 253 g/mol. The van der Waals surface area contributed by atoms with Crippen molar-refractivity contribution in [2.45, 2.75) is 52.2 Å². The number of aliphatic hydroxyl groups excluding tert-OH is 1. The molecule has 2 nitrogen and oxygen atoms in total. The van der Waals surface area contributed by atoms with Crippen molar-refractivity contribution in [3.05, 3.63) is 35.1 Å². The molecule has 1 aliphatic heterocycles. The number of nitrogens with zero attached hydrogens (tertiary/aromatic N) is 1. The van der Waals surface area contributed by atoms with E-state index in [1.54, 1.807) is 13.0 Å². The molecule has 20 heavy (non-hydrogen) atoms. The number of halogens is 1. The molecule has 1 N–H and O–H groups in total. The Bertz CT molecular complexity index is 449. The first-order valence-corrected chi connectivity index (χ1v) is 7.65. The van der Waals surface area contributed by atoms with Crippen LogP contribution in [0.4, 0.5) is 4.39 Å². The van der Waals surface area contributed by atoms with Gasteiger partial charge in [0, 0.05) is 12.6 Å². The summed E-state index contributed by atoms with van der Waals surface area (Å²) >= 11 is 0. The van der Waals surface area contributed by atoms with Gasteiger partial charge in [-0.1, -0.05) is 19.1 Å². The van der Waals surface area contributed by atoms with Crippen LogP contribution in [0.5, 0.6) is 0 Å². The number of piperidine rings is 1. The van der Waals surface area contributed by atoms with Gasteiger partial charge in [-0.05, 0) is 62.8 Å². The highest BCUT2D eigenvalue weighted by Crippen LogP contribution is 2.25. The number of benzene rings is 1. The second-order valence-corrected chi connectivity index (χ2v) is 6.33. The SMILES string of the molecule is Cc1ccc(C(O)CCN2CCC(C)CC2C)cc1F. The average molecular weight is 279 g/mol. The molecule has 3 unspecified atom stereocenters. The molecule has 3 heteroatoms. The Morgan fingerprint density at radius 1 is 1.40 bits per heavy atom. The van der Waals surface area contributed by atoms with Crippen LogP contribution in [0, 0.1) is 18.7 Å². The van der Waals surface area contributed by atoms with Crippen LogP contribution in [0.2, 0.25) is 0 Å². The zero-order valence-corrected chi connectivity index (χ0v) is 12.8. The Balaban J connectivity index is 1.88. The molecule has 0 amide bonds. The first kappa shape index (κ1) is 15.5. The highest BCUT2D eigenvalue weighted by atomic mass is 19.1. The predicted octanol–water partition coefficient (Wildman–Crippen LogP) is 3.68. The van der Waals surface area contributed by atoms with Crippen molar-refractivity contribution in [2.75, 3.05) is 13.1 Å². The van der Waals surface area contributed by atoms with Crippen LogP contribution in [-0.2, 0) is 0 Å². The molecule has 2 rings (SSSR count). The van der Waals surface area contributed by atoms with Crippen molar-refractivity contribution in [3.63, 3.8) is 0 Å². The lowest BCUT2D eigenvalue weighted by Gasteiger charge is -2.36. The normalized spacial score (nSPS) is 25.6.